The molecule has 0 bridgehead atoms. The Kier molecular flexibility index (Phi) is 8.04. The number of likely N-dealkylation sites (N-methyl/N-ethyl adjacent to an activating group) is 1. The monoisotopic (exact) mass is 450 g/mol. The molecule has 10 heteroatoms. The Morgan fingerprint density at radius 3 is 2.52 bits per heavy atom. The van der Waals surface area contributed by atoms with E-state index in [0.29, 0.717) is 6.42 Å². The quantitative estimate of drug-likeness (QED) is 0.635. The van der Waals surface area contributed by atoms with Crippen LogP contribution >= 0.6 is 11.6 Å². The van der Waals surface area contributed by atoms with Gasteiger partial charge in [0, 0.05) is 19.6 Å². The minimum atomic E-state index is -1.20. The molecule has 0 radical (unpaired) electrons. The van der Waals surface area contributed by atoms with E-state index in [-0.39, 0.29) is 17.5 Å². The van der Waals surface area contributed by atoms with Gasteiger partial charge in [0.05, 0.1) is 6.20 Å². The number of benzene rings is 1. The lowest BCUT2D eigenvalue weighted by Gasteiger charge is -2.28. The molecule has 0 unspecified atom stereocenters. The zero-order valence-electron chi connectivity index (χ0n) is 18.0. The largest absolute Gasteiger partial charge is 0.480 e. The van der Waals surface area contributed by atoms with E-state index in [1.54, 1.807) is 27.8 Å². The Bertz CT molecular complexity index is 972. The summed E-state index contributed by atoms with van der Waals surface area (Å²) in [7, 11) is 1.60. The number of carbonyl (C=O) groups is 2. The number of ether oxygens (including phenoxy) is 1. The number of amides is 1. The Morgan fingerprint density at radius 2 is 1.94 bits per heavy atom. The summed E-state index contributed by atoms with van der Waals surface area (Å²) in [6.45, 7) is 4.96. The van der Waals surface area contributed by atoms with Crippen LogP contribution in [0.15, 0.2) is 41.3 Å². The molecule has 0 aliphatic rings. The topological polar surface area (TPSA) is 114 Å². The maximum Gasteiger partial charge on any atom is 0.410 e. The Labute approximate surface area is 185 Å². The van der Waals surface area contributed by atoms with Crippen LogP contribution in [-0.4, -0.2) is 56.9 Å². The van der Waals surface area contributed by atoms with Crippen molar-refractivity contribution >= 4 is 29.5 Å². The summed E-state index contributed by atoms with van der Waals surface area (Å²) >= 11 is 5.94. The van der Waals surface area contributed by atoms with Crippen molar-refractivity contribution in [2.45, 2.75) is 45.4 Å². The van der Waals surface area contributed by atoms with Gasteiger partial charge in [-0.15, -0.1) is 0 Å². The molecular formula is C21H27ClN4O5. The molecule has 0 spiro atoms. The van der Waals surface area contributed by atoms with E-state index in [0.717, 1.165) is 10.1 Å². The van der Waals surface area contributed by atoms with Crippen LogP contribution in [-0.2, 0) is 22.5 Å². The third-order valence-corrected chi connectivity index (χ3v) is 4.47. The Morgan fingerprint density at radius 1 is 1.29 bits per heavy atom. The van der Waals surface area contributed by atoms with Crippen molar-refractivity contribution in [1.82, 2.24) is 14.5 Å². The normalized spacial score (nSPS) is 12.2. The van der Waals surface area contributed by atoms with E-state index in [2.05, 4.69) is 10.3 Å². The minimum Gasteiger partial charge on any atom is -0.480 e. The second-order valence-corrected chi connectivity index (χ2v) is 8.49. The minimum absolute atomic E-state index is 0.0517. The smallest absolute Gasteiger partial charge is 0.410 e. The predicted molar refractivity (Wildman–Crippen MR) is 118 cm³/mol. The highest BCUT2D eigenvalue weighted by Gasteiger charge is 2.23. The van der Waals surface area contributed by atoms with Crippen molar-refractivity contribution in [2.75, 3.05) is 18.9 Å². The van der Waals surface area contributed by atoms with Gasteiger partial charge in [-0.25, -0.2) is 9.78 Å². The second kappa shape index (κ2) is 10.3. The van der Waals surface area contributed by atoms with Crippen molar-refractivity contribution in [3.63, 3.8) is 0 Å². The number of rotatable bonds is 8. The number of aliphatic carboxylic acids is 1. The molecule has 0 aliphatic carbocycles. The molecule has 1 atom stereocenters. The Hall–Kier alpha value is -3.07. The summed E-state index contributed by atoms with van der Waals surface area (Å²) in [4.78, 5) is 41.6. The van der Waals surface area contributed by atoms with Crippen LogP contribution in [0.3, 0.4) is 0 Å². The first-order valence-corrected chi connectivity index (χ1v) is 10.1. The molecule has 0 saturated heterocycles. The average Bonchev–Trinajstić information content (AvgIpc) is 2.66. The van der Waals surface area contributed by atoms with Crippen LogP contribution in [0, 0.1) is 0 Å². The van der Waals surface area contributed by atoms with Crippen LogP contribution in [0.2, 0.25) is 5.15 Å². The molecule has 168 valence electrons. The average molecular weight is 451 g/mol. The standard InChI is InChI=1S/C21H27ClN4O5/c1-21(2,3)31-20(30)25(4)12-15(10-14-8-6-5-7-9-14)24-18-19(29)26(13-17(27)28)16(22)11-23-18/h5-9,11,15H,10,12-13H2,1-4H3,(H,23,24)(H,27,28)/t15-/m0/s1. The van der Waals surface area contributed by atoms with Crippen molar-refractivity contribution in [1.29, 1.82) is 0 Å². The van der Waals surface area contributed by atoms with Crippen LogP contribution < -0.4 is 10.9 Å². The summed E-state index contributed by atoms with van der Waals surface area (Å²) in [5, 5.41) is 12.0. The SMILES string of the molecule is CN(C[C@H](Cc1ccccc1)Nc1ncc(Cl)n(CC(=O)O)c1=O)C(=O)OC(C)(C)C. The summed E-state index contributed by atoms with van der Waals surface area (Å²) < 4.78 is 6.31. The van der Waals surface area contributed by atoms with Crippen LogP contribution in [0.4, 0.5) is 10.6 Å². The molecule has 9 nitrogen and oxygen atoms in total. The molecule has 1 amide bonds. The lowest BCUT2D eigenvalue weighted by atomic mass is 10.1. The van der Waals surface area contributed by atoms with Crippen LogP contribution in [0.5, 0.6) is 0 Å². The van der Waals surface area contributed by atoms with Gasteiger partial charge in [-0.1, -0.05) is 41.9 Å². The maximum atomic E-state index is 12.7. The first kappa shape index (κ1) is 24.2. The van der Waals surface area contributed by atoms with Gasteiger partial charge in [-0.05, 0) is 32.8 Å². The third-order valence-electron chi connectivity index (χ3n) is 4.16. The van der Waals surface area contributed by atoms with Gasteiger partial charge in [-0.3, -0.25) is 14.2 Å². The highest BCUT2D eigenvalue weighted by Crippen LogP contribution is 2.13. The van der Waals surface area contributed by atoms with Gasteiger partial charge in [0.25, 0.3) is 5.56 Å². The number of halogens is 1. The number of carboxylic acids is 1. The zero-order chi connectivity index (χ0) is 23.2. The number of anilines is 1. The molecule has 1 aromatic heterocycles. The van der Waals surface area contributed by atoms with Crippen LogP contribution in [0.1, 0.15) is 26.3 Å². The van der Waals surface area contributed by atoms with Crippen molar-refractivity contribution in [3.05, 3.63) is 57.6 Å². The van der Waals surface area contributed by atoms with Gasteiger partial charge in [0.15, 0.2) is 5.82 Å². The molecule has 31 heavy (non-hydrogen) atoms. The molecule has 2 rings (SSSR count). The molecule has 2 aromatic rings. The fraction of sp³-hybridized carbons (Fsp3) is 0.429. The van der Waals surface area contributed by atoms with E-state index in [1.807, 2.05) is 30.3 Å². The number of nitrogens with zero attached hydrogens (tertiary/aromatic N) is 3. The van der Waals surface area contributed by atoms with E-state index in [1.165, 1.54) is 11.1 Å². The van der Waals surface area contributed by atoms with Gasteiger partial charge < -0.3 is 20.1 Å². The number of carbonyl (C=O) groups excluding carboxylic acids is 1. The van der Waals surface area contributed by atoms with Gasteiger partial charge in [-0.2, -0.15) is 0 Å². The highest BCUT2D eigenvalue weighted by atomic mass is 35.5. The van der Waals surface area contributed by atoms with E-state index >= 15 is 0 Å². The van der Waals surface area contributed by atoms with E-state index in [9.17, 15) is 14.4 Å². The molecule has 1 heterocycles. The number of hydrogen-bond acceptors (Lipinski definition) is 6. The number of nitrogens with one attached hydrogen (secondary N) is 1. The van der Waals surface area contributed by atoms with Crippen molar-refractivity contribution in [2.24, 2.45) is 0 Å². The zero-order valence-corrected chi connectivity index (χ0v) is 18.7. The fourth-order valence-corrected chi connectivity index (χ4v) is 3.03. The lowest BCUT2D eigenvalue weighted by molar-refractivity contribution is -0.137. The summed E-state index contributed by atoms with van der Waals surface area (Å²) in [6.07, 6.45) is 1.20. The molecule has 2 N–H and O–H groups in total. The number of hydrogen-bond donors (Lipinski definition) is 2. The predicted octanol–water partition coefficient (Wildman–Crippen LogP) is 2.87. The van der Waals surface area contributed by atoms with Gasteiger partial charge >= 0.3 is 12.1 Å². The number of carboxylic acid groups (broad SMARTS) is 1. The van der Waals surface area contributed by atoms with Gasteiger partial charge in [0.2, 0.25) is 0 Å². The van der Waals surface area contributed by atoms with Crippen LogP contribution in [0.25, 0.3) is 0 Å². The lowest BCUT2D eigenvalue weighted by Crippen LogP contribution is -2.43. The number of aromatic nitrogens is 2. The molecule has 0 fully saturated rings. The molecule has 0 saturated carbocycles. The molecule has 0 aliphatic heterocycles. The van der Waals surface area contributed by atoms with Crippen molar-refractivity contribution in [3.8, 4) is 0 Å². The molecular weight excluding hydrogens is 424 g/mol. The van der Waals surface area contributed by atoms with E-state index in [4.69, 9.17) is 21.4 Å². The first-order valence-electron chi connectivity index (χ1n) is 9.68. The third kappa shape index (κ3) is 7.60. The molecule has 1 aromatic carbocycles. The summed E-state index contributed by atoms with van der Waals surface area (Å²) in [5.41, 5.74) is -0.319. The van der Waals surface area contributed by atoms with Crippen molar-refractivity contribution < 1.29 is 19.4 Å². The highest BCUT2D eigenvalue weighted by molar-refractivity contribution is 6.29. The summed E-state index contributed by atoms with van der Waals surface area (Å²) in [6, 6.07) is 9.14. The van der Waals surface area contributed by atoms with Gasteiger partial charge in [0.1, 0.15) is 17.3 Å². The fourth-order valence-electron chi connectivity index (χ4n) is 2.85. The first-order chi connectivity index (χ1) is 14.5. The van der Waals surface area contributed by atoms with E-state index < -0.39 is 35.8 Å². The Balaban J connectivity index is 2.28. The summed E-state index contributed by atoms with van der Waals surface area (Å²) in [5.74, 6) is -1.25. The maximum absolute atomic E-state index is 12.7. The second-order valence-electron chi connectivity index (χ2n) is 8.11.